The molecule has 0 spiro atoms. The molecule has 21 heavy (non-hydrogen) atoms. The molecule has 0 aromatic heterocycles. The van der Waals surface area contributed by atoms with Crippen LogP contribution >= 0.6 is 0 Å². The van der Waals surface area contributed by atoms with Crippen LogP contribution in [0.4, 0.5) is 0 Å². The van der Waals surface area contributed by atoms with Crippen LogP contribution in [0.3, 0.4) is 0 Å². The van der Waals surface area contributed by atoms with Gasteiger partial charge in [0.2, 0.25) is 0 Å². The fourth-order valence-corrected chi connectivity index (χ4v) is 3.77. The molecule has 0 radical (unpaired) electrons. The fourth-order valence-electron chi connectivity index (χ4n) is 3.77. The molecule has 1 aliphatic rings. The minimum Gasteiger partial charge on any atom is -0.379 e. The Morgan fingerprint density at radius 1 is 1.29 bits per heavy atom. The topological polar surface area (TPSA) is 24.5 Å². The predicted molar refractivity (Wildman–Crippen MR) is 91.8 cm³/mol. The van der Waals surface area contributed by atoms with Crippen LogP contribution in [0.25, 0.3) is 0 Å². The summed E-state index contributed by atoms with van der Waals surface area (Å²) in [7, 11) is 6.36. The molecule has 3 nitrogen and oxygen atoms in total. The van der Waals surface area contributed by atoms with Crippen molar-refractivity contribution in [3.63, 3.8) is 0 Å². The zero-order chi connectivity index (χ0) is 16.1. The van der Waals surface area contributed by atoms with Gasteiger partial charge in [-0.25, -0.2) is 0 Å². The maximum atomic E-state index is 5.62. The third kappa shape index (κ3) is 4.94. The lowest BCUT2D eigenvalue weighted by Crippen LogP contribution is -2.60. The van der Waals surface area contributed by atoms with Gasteiger partial charge in [0, 0.05) is 18.7 Å². The molecule has 3 heteroatoms. The van der Waals surface area contributed by atoms with Crippen LogP contribution < -0.4 is 5.32 Å². The van der Waals surface area contributed by atoms with Crippen LogP contribution in [0.5, 0.6) is 0 Å². The Bertz CT molecular complexity index is 294. The second-order valence-corrected chi connectivity index (χ2v) is 7.79. The van der Waals surface area contributed by atoms with Crippen molar-refractivity contribution in [1.29, 1.82) is 0 Å². The van der Waals surface area contributed by atoms with Gasteiger partial charge in [0.25, 0.3) is 0 Å². The van der Waals surface area contributed by atoms with Crippen LogP contribution in [-0.2, 0) is 4.74 Å². The molecule has 0 aliphatic heterocycles. The lowest BCUT2D eigenvalue weighted by atomic mass is 9.70. The first-order chi connectivity index (χ1) is 9.77. The summed E-state index contributed by atoms with van der Waals surface area (Å²) in [4.78, 5) is 2.49. The van der Waals surface area contributed by atoms with Gasteiger partial charge in [0.15, 0.2) is 0 Å². The van der Waals surface area contributed by atoms with E-state index in [1.807, 2.05) is 7.11 Å². The second-order valence-electron chi connectivity index (χ2n) is 7.79. The standard InChI is InChI=1S/C18H38N2O/c1-8-19-16(11-12-17(3,4)21-7)18(20(5)6)13-9-15(2)10-14-18/h15-16,19H,8-14H2,1-7H3. The number of nitrogens with zero attached hydrogens (tertiary/aromatic N) is 1. The van der Waals surface area contributed by atoms with Crippen molar-refractivity contribution in [2.45, 2.75) is 83.4 Å². The molecule has 0 aromatic carbocycles. The van der Waals surface area contributed by atoms with Crippen LogP contribution in [0.1, 0.15) is 66.2 Å². The summed E-state index contributed by atoms with van der Waals surface area (Å²) < 4.78 is 5.62. The SMILES string of the molecule is CCNC(CCC(C)(C)OC)C1(N(C)C)CCC(C)CC1. The molecule has 1 N–H and O–H groups in total. The number of likely N-dealkylation sites (N-methyl/N-ethyl adjacent to an activating group) is 2. The third-order valence-corrected chi connectivity index (χ3v) is 5.72. The predicted octanol–water partition coefficient (Wildman–Crippen LogP) is 3.68. The molecule has 1 rings (SSSR count). The minimum atomic E-state index is -0.0247. The van der Waals surface area contributed by atoms with E-state index in [1.165, 1.54) is 32.1 Å². The number of ether oxygens (including phenoxy) is 1. The molecule has 0 saturated heterocycles. The summed E-state index contributed by atoms with van der Waals surface area (Å²) >= 11 is 0. The number of hydrogen-bond acceptors (Lipinski definition) is 3. The molecule has 0 aromatic rings. The molecule has 1 saturated carbocycles. The van der Waals surface area contributed by atoms with E-state index in [0.717, 1.165) is 18.9 Å². The van der Waals surface area contributed by atoms with Crippen molar-refractivity contribution >= 4 is 0 Å². The Labute approximate surface area is 132 Å². The Morgan fingerprint density at radius 3 is 2.29 bits per heavy atom. The highest BCUT2D eigenvalue weighted by molar-refractivity contribution is 5.01. The summed E-state index contributed by atoms with van der Waals surface area (Å²) in [5.41, 5.74) is 0.287. The van der Waals surface area contributed by atoms with Crippen molar-refractivity contribution in [2.24, 2.45) is 5.92 Å². The molecule has 1 fully saturated rings. The van der Waals surface area contributed by atoms with Crippen molar-refractivity contribution in [3.05, 3.63) is 0 Å². The van der Waals surface area contributed by atoms with Crippen molar-refractivity contribution in [1.82, 2.24) is 10.2 Å². The molecular weight excluding hydrogens is 260 g/mol. The Morgan fingerprint density at radius 2 is 1.86 bits per heavy atom. The maximum Gasteiger partial charge on any atom is 0.0623 e. The van der Waals surface area contributed by atoms with E-state index in [2.05, 4.69) is 52.0 Å². The molecule has 1 unspecified atom stereocenters. The third-order valence-electron chi connectivity index (χ3n) is 5.72. The first-order valence-electron chi connectivity index (χ1n) is 8.73. The highest BCUT2D eigenvalue weighted by atomic mass is 16.5. The van der Waals surface area contributed by atoms with Gasteiger partial charge < -0.3 is 15.0 Å². The highest BCUT2D eigenvalue weighted by Gasteiger charge is 2.42. The van der Waals surface area contributed by atoms with E-state index in [9.17, 15) is 0 Å². The summed E-state index contributed by atoms with van der Waals surface area (Å²) in [6, 6.07) is 0.555. The second kappa shape index (κ2) is 7.94. The summed E-state index contributed by atoms with van der Waals surface area (Å²) in [5, 5.41) is 3.79. The Kier molecular flexibility index (Phi) is 7.15. The fraction of sp³-hybridized carbons (Fsp3) is 1.00. The number of rotatable bonds is 8. The zero-order valence-electron chi connectivity index (χ0n) is 15.5. The molecule has 0 amide bonds. The molecule has 1 aliphatic carbocycles. The molecular formula is C18H38N2O. The number of nitrogens with one attached hydrogen (secondary N) is 1. The van der Waals surface area contributed by atoms with Crippen molar-refractivity contribution in [3.8, 4) is 0 Å². The zero-order valence-corrected chi connectivity index (χ0v) is 15.5. The van der Waals surface area contributed by atoms with Crippen LogP contribution in [0, 0.1) is 5.92 Å². The number of methoxy groups -OCH3 is 1. The van der Waals surface area contributed by atoms with Gasteiger partial charge in [-0.2, -0.15) is 0 Å². The first kappa shape index (κ1) is 18.9. The summed E-state index contributed by atoms with van der Waals surface area (Å²) in [5.74, 6) is 0.885. The summed E-state index contributed by atoms with van der Waals surface area (Å²) in [6.45, 7) is 10.1. The smallest absolute Gasteiger partial charge is 0.0623 e. The van der Waals surface area contributed by atoms with Gasteiger partial charge >= 0.3 is 0 Å². The van der Waals surface area contributed by atoms with Gasteiger partial charge in [0.1, 0.15) is 0 Å². The maximum absolute atomic E-state index is 5.62. The Balaban J connectivity index is 2.83. The molecule has 0 heterocycles. The van der Waals surface area contributed by atoms with Crippen LogP contribution in [0.15, 0.2) is 0 Å². The summed E-state index contributed by atoms with van der Waals surface area (Å²) in [6.07, 6.45) is 7.62. The Hall–Kier alpha value is -0.120. The van der Waals surface area contributed by atoms with Gasteiger partial charge in [0.05, 0.1) is 5.60 Å². The average Bonchev–Trinajstić information content (AvgIpc) is 2.44. The van der Waals surface area contributed by atoms with E-state index >= 15 is 0 Å². The lowest BCUT2D eigenvalue weighted by Gasteiger charge is -2.50. The van der Waals surface area contributed by atoms with E-state index in [1.54, 1.807) is 0 Å². The number of hydrogen-bond donors (Lipinski definition) is 1. The van der Waals surface area contributed by atoms with Crippen molar-refractivity contribution < 1.29 is 4.74 Å². The van der Waals surface area contributed by atoms with E-state index in [-0.39, 0.29) is 5.60 Å². The molecule has 0 bridgehead atoms. The highest BCUT2D eigenvalue weighted by Crippen LogP contribution is 2.39. The van der Waals surface area contributed by atoms with Gasteiger partial charge in [-0.05, 0) is 78.9 Å². The minimum absolute atomic E-state index is 0.0247. The largest absolute Gasteiger partial charge is 0.379 e. The first-order valence-corrected chi connectivity index (χ1v) is 8.73. The van der Waals surface area contributed by atoms with Crippen LogP contribution in [0.2, 0.25) is 0 Å². The average molecular weight is 299 g/mol. The monoisotopic (exact) mass is 298 g/mol. The lowest BCUT2D eigenvalue weighted by molar-refractivity contribution is -0.00448. The quantitative estimate of drug-likeness (QED) is 0.740. The van der Waals surface area contributed by atoms with Gasteiger partial charge in [-0.3, -0.25) is 0 Å². The normalized spacial score (nSPS) is 28.9. The van der Waals surface area contributed by atoms with Crippen LogP contribution in [-0.4, -0.2) is 49.8 Å². The van der Waals surface area contributed by atoms with E-state index in [0.29, 0.717) is 11.6 Å². The molecule has 1 atom stereocenters. The molecule has 126 valence electrons. The van der Waals surface area contributed by atoms with Gasteiger partial charge in [-0.1, -0.05) is 13.8 Å². The van der Waals surface area contributed by atoms with Gasteiger partial charge in [-0.15, -0.1) is 0 Å². The van der Waals surface area contributed by atoms with E-state index in [4.69, 9.17) is 4.74 Å². The van der Waals surface area contributed by atoms with E-state index < -0.39 is 0 Å². The van der Waals surface area contributed by atoms with Crippen molar-refractivity contribution in [2.75, 3.05) is 27.7 Å².